The van der Waals surface area contributed by atoms with E-state index in [1.54, 1.807) is 12.0 Å². The summed E-state index contributed by atoms with van der Waals surface area (Å²) in [7, 11) is 1.62. The zero-order chi connectivity index (χ0) is 18.4. The van der Waals surface area contributed by atoms with Gasteiger partial charge in [0.2, 0.25) is 5.91 Å². The molecular weight excluding hydrogens is 324 g/mol. The fraction of sp³-hybridized carbons (Fsp3) is 0.412. The standard InChI is InChI=1S/C17H22N4O4/c1-4-21(12(2)9-13-5-7-14(25-3)8-6-13)16(22)11-20-10-15(17(23)24)18-19-20/h5-8,10,12H,4,9,11H2,1-3H3,(H,23,24). The van der Waals surface area contributed by atoms with Gasteiger partial charge in [0.25, 0.3) is 0 Å². The van der Waals surface area contributed by atoms with Crippen molar-refractivity contribution in [3.8, 4) is 5.75 Å². The third kappa shape index (κ3) is 4.79. The molecule has 1 atom stereocenters. The predicted molar refractivity (Wildman–Crippen MR) is 90.5 cm³/mol. The number of likely N-dealkylation sites (N-methyl/N-ethyl adjacent to an activating group) is 1. The second-order valence-corrected chi connectivity index (χ2v) is 5.69. The smallest absolute Gasteiger partial charge is 0.358 e. The molecule has 8 nitrogen and oxygen atoms in total. The number of nitrogens with zero attached hydrogens (tertiary/aromatic N) is 4. The topological polar surface area (TPSA) is 97.6 Å². The van der Waals surface area contributed by atoms with Crippen molar-refractivity contribution in [2.45, 2.75) is 32.9 Å². The first kappa shape index (κ1) is 18.4. The highest BCUT2D eigenvalue weighted by atomic mass is 16.5. The third-order valence-corrected chi connectivity index (χ3v) is 3.94. The van der Waals surface area contributed by atoms with Gasteiger partial charge in [-0.1, -0.05) is 17.3 Å². The Bertz CT molecular complexity index is 727. The average Bonchev–Trinajstić information content (AvgIpc) is 3.05. The lowest BCUT2D eigenvalue weighted by atomic mass is 10.1. The summed E-state index contributed by atoms with van der Waals surface area (Å²) in [6, 6.07) is 7.73. The van der Waals surface area contributed by atoms with Crippen LogP contribution in [0.3, 0.4) is 0 Å². The Kier molecular flexibility index (Phi) is 6.10. The van der Waals surface area contributed by atoms with Gasteiger partial charge < -0.3 is 14.7 Å². The van der Waals surface area contributed by atoms with E-state index in [0.29, 0.717) is 13.0 Å². The second kappa shape index (κ2) is 8.27. The fourth-order valence-corrected chi connectivity index (χ4v) is 2.65. The minimum atomic E-state index is -1.17. The van der Waals surface area contributed by atoms with Crippen LogP contribution < -0.4 is 4.74 Å². The van der Waals surface area contributed by atoms with Gasteiger partial charge in [0, 0.05) is 12.6 Å². The van der Waals surface area contributed by atoms with Crippen LogP contribution in [0, 0.1) is 0 Å². The van der Waals surface area contributed by atoms with Crippen LogP contribution in [0.5, 0.6) is 5.75 Å². The Balaban J connectivity index is 2.00. The molecule has 1 unspecified atom stereocenters. The van der Waals surface area contributed by atoms with Crippen molar-refractivity contribution in [2.24, 2.45) is 0 Å². The van der Waals surface area contributed by atoms with Crippen molar-refractivity contribution in [1.82, 2.24) is 19.9 Å². The van der Waals surface area contributed by atoms with Gasteiger partial charge in [-0.25, -0.2) is 9.48 Å². The van der Waals surface area contributed by atoms with Crippen molar-refractivity contribution in [1.29, 1.82) is 0 Å². The summed E-state index contributed by atoms with van der Waals surface area (Å²) in [5.41, 5.74) is 0.926. The fourth-order valence-electron chi connectivity index (χ4n) is 2.65. The molecule has 0 fully saturated rings. The van der Waals surface area contributed by atoms with Crippen LogP contribution in [0.15, 0.2) is 30.5 Å². The first-order chi connectivity index (χ1) is 11.9. The maximum Gasteiger partial charge on any atom is 0.358 e. The number of carbonyl (C=O) groups excluding carboxylic acids is 1. The number of aromatic nitrogens is 3. The lowest BCUT2D eigenvalue weighted by molar-refractivity contribution is -0.133. The highest BCUT2D eigenvalue weighted by Crippen LogP contribution is 2.15. The number of benzene rings is 1. The molecule has 25 heavy (non-hydrogen) atoms. The number of hydrogen-bond acceptors (Lipinski definition) is 5. The van der Waals surface area contributed by atoms with Gasteiger partial charge in [0.1, 0.15) is 12.3 Å². The number of carbonyl (C=O) groups is 2. The van der Waals surface area contributed by atoms with Crippen molar-refractivity contribution >= 4 is 11.9 Å². The third-order valence-electron chi connectivity index (χ3n) is 3.94. The molecule has 0 saturated carbocycles. The van der Waals surface area contributed by atoms with Crippen LogP contribution in [0.4, 0.5) is 0 Å². The summed E-state index contributed by atoms with van der Waals surface area (Å²) in [6.45, 7) is 4.40. The Hall–Kier alpha value is -2.90. The van der Waals surface area contributed by atoms with E-state index in [1.807, 2.05) is 38.1 Å². The van der Waals surface area contributed by atoms with E-state index >= 15 is 0 Å². The second-order valence-electron chi connectivity index (χ2n) is 5.69. The van der Waals surface area contributed by atoms with E-state index in [9.17, 15) is 9.59 Å². The quantitative estimate of drug-likeness (QED) is 0.777. The average molecular weight is 346 g/mol. The first-order valence-electron chi connectivity index (χ1n) is 8.00. The monoisotopic (exact) mass is 346 g/mol. The summed E-state index contributed by atoms with van der Waals surface area (Å²) < 4.78 is 6.39. The maximum absolute atomic E-state index is 12.5. The number of carboxylic acid groups (broad SMARTS) is 1. The van der Waals surface area contributed by atoms with E-state index in [1.165, 1.54) is 10.9 Å². The van der Waals surface area contributed by atoms with Gasteiger partial charge in [-0.05, 0) is 38.0 Å². The molecule has 0 spiro atoms. The molecule has 1 amide bonds. The minimum absolute atomic E-state index is 0.00615. The zero-order valence-electron chi connectivity index (χ0n) is 14.5. The number of carboxylic acids is 1. The van der Waals surface area contributed by atoms with Gasteiger partial charge in [-0.3, -0.25) is 4.79 Å². The zero-order valence-corrected chi connectivity index (χ0v) is 14.5. The van der Waals surface area contributed by atoms with Gasteiger partial charge in [-0.2, -0.15) is 0 Å². The van der Waals surface area contributed by atoms with E-state index in [0.717, 1.165) is 11.3 Å². The van der Waals surface area contributed by atoms with Crippen LogP contribution in [-0.4, -0.2) is 56.6 Å². The highest BCUT2D eigenvalue weighted by molar-refractivity contribution is 5.84. The van der Waals surface area contributed by atoms with E-state index < -0.39 is 5.97 Å². The molecule has 0 aliphatic heterocycles. The molecule has 1 heterocycles. The summed E-state index contributed by atoms with van der Waals surface area (Å²) in [4.78, 5) is 25.1. The van der Waals surface area contributed by atoms with E-state index in [4.69, 9.17) is 9.84 Å². The van der Waals surface area contributed by atoms with E-state index in [2.05, 4.69) is 10.3 Å². The molecule has 1 N–H and O–H groups in total. The van der Waals surface area contributed by atoms with Gasteiger partial charge in [0.05, 0.1) is 13.3 Å². The molecule has 134 valence electrons. The van der Waals surface area contributed by atoms with Crippen molar-refractivity contribution in [2.75, 3.05) is 13.7 Å². The highest BCUT2D eigenvalue weighted by Gasteiger charge is 2.20. The number of rotatable bonds is 8. The van der Waals surface area contributed by atoms with Gasteiger partial charge in [-0.15, -0.1) is 5.10 Å². The van der Waals surface area contributed by atoms with Crippen LogP contribution in [-0.2, 0) is 17.8 Å². The number of hydrogen-bond donors (Lipinski definition) is 1. The molecule has 1 aromatic heterocycles. The van der Waals surface area contributed by atoms with E-state index in [-0.39, 0.29) is 24.2 Å². The normalized spacial score (nSPS) is 11.8. The molecule has 0 radical (unpaired) electrons. The Morgan fingerprint density at radius 2 is 2.00 bits per heavy atom. The molecule has 2 aromatic rings. The molecule has 0 aliphatic rings. The number of aromatic carboxylic acids is 1. The van der Waals surface area contributed by atoms with Gasteiger partial charge in [0.15, 0.2) is 5.69 Å². The van der Waals surface area contributed by atoms with Crippen molar-refractivity contribution in [3.05, 3.63) is 41.7 Å². The molecule has 0 aliphatic carbocycles. The molecule has 2 rings (SSSR count). The summed E-state index contributed by atoms with van der Waals surface area (Å²) >= 11 is 0. The molecule has 0 saturated heterocycles. The van der Waals surface area contributed by atoms with Crippen LogP contribution in [0.1, 0.15) is 29.9 Å². The Labute approximate surface area is 146 Å². The summed E-state index contributed by atoms with van der Waals surface area (Å²) in [6.07, 6.45) is 1.96. The lowest BCUT2D eigenvalue weighted by Gasteiger charge is -2.28. The minimum Gasteiger partial charge on any atom is -0.497 e. The Morgan fingerprint density at radius 3 is 2.52 bits per heavy atom. The summed E-state index contributed by atoms with van der Waals surface area (Å²) in [5.74, 6) is -0.510. The van der Waals surface area contributed by atoms with Crippen molar-refractivity contribution < 1.29 is 19.4 Å². The number of amides is 1. The Morgan fingerprint density at radius 1 is 1.32 bits per heavy atom. The molecular formula is C17H22N4O4. The largest absolute Gasteiger partial charge is 0.497 e. The SMILES string of the molecule is CCN(C(=O)Cn1cc(C(=O)O)nn1)C(C)Cc1ccc(OC)cc1. The van der Waals surface area contributed by atoms with Crippen LogP contribution in [0.25, 0.3) is 0 Å². The first-order valence-corrected chi connectivity index (χ1v) is 8.00. The number of methoxy groups -OCH3 is 1. The molecule has 8 heteroatoms. The summed E-state index contributed by atoms with van der Waals surface area (Å²) in [5, 5.41) is 16.1. The van der Waals surface area contributed by atoms with Crippen LogP contribution in [0.2, 0.25) is 0 Å². The number of ether oxygens (including phenoxy) is 1. The van der Waals surface area contributed by atoms with Gasteiger partial charge >= 0.3 is 5.97 Å². The van der Waals surface area contributed by atoms with Crippen molar-refractivity contribution in [3.63, 3.8) is 0 Å². The molecule has 1 aromatic carbocycles. The lowest BCUT2D eigenvalue weighted by Crippen LogP contribution is -2.41. The van der Waals surface area contributed by atoms with Crippen LogP contribution >= 0.6 is 0 Å². The molecule has 0 bridgehead atoms. The maximum atomic E-state index is 12.5. The predicted octanol–water partition coefficient (Wildman–Crippen LogP) is 1.46.